The molecule has 0 aromatic heterocycles. The summed E-state index contributed by atoms with van der Waals surface area (Å²) in [6, 6.07) is 8.42. The number of fused-ring (bicyclic) bond motifs is 3. The molecule has 24 heavy (non-hydrogen) atoms. The Morgan fingerprint density at radius 3 is 2.29 bits per heavy atom. The van der Waals surface area contributed by atoms with Crippen LogP contribution in [0.1, 0.15) is 29.5 Å². The van der Waals surface area contributed by atoms with Crippen LogP contribution in [0, 0.1) is 0 Å². The summed E-state index contributed by atoms with van der Waals surface area (Å²) in [5, 5.41) is 2.26. The molecule has 2 aromatic carbocycles. The highest BCUT2D eigenvalue weighted by Gasteiger charge is 2.37. The predicted octanol–water partition coefficient (Wildman–Crippen LogP) is 4.72. The Morgan fingerprint density at radius 2 is 1.67 bits per heavy atom. The molecule has 0 saturated heterocycles. The fraction of sp³-hybridized carbons (Fsp3) is 0.450. The van der Waals surface area contributed by atoms with Crippen molar-refractivity contribution in [2.24, 2.45) is 0 Å². The van der Waals surface area contributed by atoms with Crippen molar-refractivity contribution in [3.63, 3.8) is 0 Å². The van der Waals surface area contributed by atoms with Gasteiger partial charge < -0.3 is 9.47 Å². The third-order valence-electron chi connectivity index (χ3n) is 5.00. The van der Waals surface area contributed by atoms with Crippen LogP contribution in [0.4, 0.5) is 0 Å². The number of benzene rings is 2. The van der Waals surface area contributed by atoms with E-state index in [1.807, 2.05) is 6.07 Å². The first kappa shape index (κ1) is 17.0. The van der Waals surface area contributed by atoms with Gasteiger partial charge >= 0.3 is 0 Å². The van der Waals surface area contributed by atoms with Gasteiger partial charge in [0.05, 0.1) is 22.3 Å². The molecule has 0 bridgehead atoms. The van der Waals surface area contributed by atoms with E-state index in [-0.39, 0.29) is 5.54 Å². The molecular weight excluding hydrogens is 316 g/mol. The van der Waals surface area contributed by atoms with Gasteiger partial charge in [-0.2, -0.15) is 0 Å². The molecule has 3 nitrogen and oxygen atoms in total. The van der Waals surface area contributed by atoms with Gasteiger partial charge in [0.1, 0.15) is 5.78 Å². The molecule has 0 aliphatic heterocycles. The molecule has 4 heteroatoms. The largest absolute Gasteiger partial charge is 0.493 e. The zero-order chi connectivity index (χ0) is 17.5. The lowest BCUT2D eigenvalue weighted by Gasteiger charge is -2.29. The topological polar surface area (TPSA) is 35.5 Å². The highest BCUT2D eigenvalue weighted by Crippen LogP contribution is 2.42. The lowest BCUT2D eigenvalue weighted by atomic mass is 9.94. The lowest BCUT2D eigenvalue weighted by molar-refractivity contribution is -0.118. The monoisotopic (exact) mass is 342 g/mol. The SMILES string of the molecule is COc1cc2ccc3c(c2cc1OC)C([Si](C)(C)C)C(=O)CCC3. The van der Waals surface area contributed by atoms with Gasteiger partial charge in [0, 0.05) is 12.0 Å². The van der Waals surface area contributed by atoms with Crippen LogP contribution in [0.15, 0.2) is 24.3 Å². The van der Waals surface area contributed by atoms with Crippen LogP contribution in [-0.4, -0.2) is 28.1 Å². The van der Waals surface area contributed by atoms with Crippen molar-refractivity contribution in [3.8, 4) is 11.5 Å². The zero-order valence-electron chi connectivity index (χ0n) is 15.2. The second-order valence-electron chi connectivity index (χ2n) is 7.69. The highest BCUT2D eigenvalue weighted by molar-refractivity contribution is 6.80. The number of ketones is 1. The minimum absolute atomic E-state index is 0.0526. The van der Waals surface area contributed by atoms with Gasteiger partial charge in [0.25, 0.3) is 0 Å². The second kappa shape index (κ2) is 6.24. The second-order valence-corrected chi connectivity index (χ2v) is 13.0. The maximum Gasteiger partial charge on any atom is 0.161 e. The van der Waals surface area contributed by atoms with Crippen LogP contribution in [0.25, 0.3) is 10.8 Å². The number of rotatable bonds is 3. The first-order valence-electron chi connectivity index (χ1n) is 8.57. The molecule has 1 aliphatic carbocycles. The Labute approximate surface area is 145 Å². The van der Waals surface area contributed by atoms with E-state index in [0.717, 1.165) is 35.1 Å². The Kier molecular flexibility index (Phi) is 4.43. The van der Waals surface area contributed by atoms with Crippen LogP contribution < -0.4 is 9.47 Å². The van der Waals surface area contributed by atoms with E-state index in [9.17, 15) is 4.79 Å². The smallest absolute Gasteiger partial charge is 0.161 e. The minimum Gasteiger partial charge on any atom is -0.493 e. The van der Waals surface area contributed by atoms with E-state index in [1.165, 1.54) is 11.1 Å². The van der Waals surface area contributed by atoms with Crippen molar-refractivity contribution in [3.05, 3.63) is 35.4 Å². The summed E-state index contributed by atoms with van der Waals surface area (Å²) in [5.41, 5.74) is 2.62. The fourth-order valence-corrected chi connectivity index (χ4v) is 6.27. The van der Waals surface area contributed by atoms with Crippen LogP contribution in [0.5, 0.6) is 11.5 Å². The summed E-state index contributed by atoms with van der Waals surface area (Å²) in [6.07, 6.45) is 2.62. The van der Waals surface area contributed by atoms with Crippen LogP contribution in [-0.2, 0) is 11.2 Å². The van der Waals surface area contributed by atoms with E-state index in [1.54, 1.807) is 14.2 Å². The average molecular weight is 343 g/mol. The molecule has 1 atom stereocenters. The van der Waals surface area contributed by atoms with E-state index < -0.39 is 8.07 Å². The summed E-state index contributed by atoms with van der Waals surface area (Å²) in [6.45, 7) is 6.89. The number of aryl methyl sites for hydroxylation is 1. The molecule has 0 amide bonds. The maximum absolute atomic E-state index is 12.9. The quantitative estimate of drug-likeness (QED) is 0.598. The van der Waals surface area contributed by atoms with Crippen LogP contribution in [0.3, 0.4) is 0 Å². The molecule has 128 valence electrons. The van der Waals surface area contributed by atoms with Gasteiger partial charge in [-0.15, -0.1) is 0 Å². The summed E-state index contributed by atoms with van der Waals surface area (Å²) in [4.78, 5) is 12.9. The number of Topliss-reactive ketones (excluding diaryl/α,β-unsaturated/α-hetero) is 1. The molecule has 1 aliphatic rings. The molecule has 0 N–H and O–H groups in total. The maximum atomic E-state index is 12.9. The van der Waals surface area contributed by atoms with E-state index in [0.29, 0.717) is 12.2 Å². The Morgan fingerprint density at radius 1 is 1.00 bits per heavy atom. The number of hydrogen-bond donors (Lipinski definition) is 0. The van der Waals surface area contributed by atoms with Gasteiger partial charge in [0.15, 0.2) is 11.5 Å². The lowest BCUT2D eigenvalue weighted by Crippen LogP contribution is -2.36. The molecule has 3 rings (SSSR count). The van der Waals surface area contributed by atoms with Gasteiger partial charge in [-0.3, -0.25) is 4.79 Å². The number of ether oxygens (including phenoxy) is 2. The summed E-state index contributed by atoms with van der Waals surface area (Å²) in [7, 11) is 1.62. The molecule has 0 radical (unpaired) electrons. The summed E-state index contributed by atoms with van der Waals surface area (Å²) >= 11 is 0. The Balaban J connectivity index is 2.36. The van der Waals surface area contributed by atoms with Gasteiger partial charge in [0.2, 0.25) is 0 Å². The van der Waals surface area contributed by atoms with Crippen LogP contribution >= 0.6 is 0 Å². The molecule has 1 unspecified atom stereocenters. The Bertz CT molecular complexity index is 790. The van der Waals surface area contributed by atoms with Crippen molar-refractivity contribution >= 4 is 24.6 Å². The normalized spacial score (nSPS) is 18.2. The third-order valence-corrected chi connectivity index (χ3v) is 7.34. The first-order chi connectivity index (χ1) is 11.4. The summed E-state index contributed by atoms with van der Waals surface area (Å²) < 4.78 is 11.0. The van der Waals surface area contributed by atoms with E-state index in [2.05, 4.69) is 37.8 Å². The fourth-order valence-electron chi connectivity index (χ4n) is 3.95. The number of hydrogen-bond acceptors (Lipinski definition) is 3. The van der Waals surface area contributed by atoms with Crippen molar-refractivity contribution in [2.75, 3.05) is 14.2 Å². The van der Waals surface area contributed by atoms with Crippen molar-refractivity contribution < 1.29 is 14.3 Å². The average Bonchev–Trinajstić information content (AvgIpc) is 2.71. The van der Waals surface area contributed by atoms with Gasteiger partial charge in [-0.25, -0.2) is 0 Å². The van der Waals surface area contributed by atoms with Gasteiger partial charge in [-0.05, 0) is 46.9 Å². The molecule has 2 aromatic rings. The summed E-state index contributed by atoms with van der Waals surface area (Å²) in [5.74, 6) is 1.87. The van der Waals surface area contributed by atoms with Crippen molar-refractivity contribution in [1.29, 1.82) is 0 Å². The third kappa shape index (κ3) is 2.84. The molecular formula is C20H26O3Si. The van der Waals surface area contributed by atoms with Crippen LogP contribution in [0.2, 0.25) is 19.6 Å². The molecule has 0 saturated carbocycles. The highest BCUT2D eigenvalue weighted by atomic mass is 28.3. The van der Waals surface area contributed by atoms with Crippen molar-refractivity contribution in [2.45, 2.75) is 44.4 Å². The minimum atomic E-state index is -1.69. The van der Waals surface area contributed by atoms with Gasteiger partial charge in [-0.1, -0.05) is 31.8 Å². The van der Waals surface area contributed by atoms with E-state index in [4.69, 9.17) is 9.47 Å². The number of carbonyl (C=O) groups is 1. The van der Waals surface area contributed by atoms with Crippen molar-refractivity contribution in [1.82, 2.24) is 0 Å². The molecule has 0 fully saturated rings. The number of methoxy groups -OCH3 is 2. The zero-order valence-corrected chi connectivity index (χ0v) is 16.2. The standard InChI is InChI=1S/C20H26O3Si/c1-22-17-11-14-10-9-13-7-6-8-16(21)20(24(3,4)5)19(13)15(14)12-18(17)23-2/h9-12,20H,6-8H2,1-5H3. The molecule has 0 spiro atoms. The Hall–Kier alpha value is -1.81. The number of carbonyl (C=O) groups excluding carboxylic acids is 1. The molecule has 0 heterocycles. The van der Waals surface area contributed by atoms with E-state index >= 15 is 0 Å². The first-order valence-corrected chi connectivity index (χ1v) is 12.1. The predicted molar refractivity (Wildman–Crippen MR) is 101 cm³/mol.